The maximum Gasteiger partial charge on any atom is 0.240 e. The number of fused-ring (bicyclic) bond motifs is 1. The van der Waals surface area contributed by atoms with Crippen molar-refractivity contribution < 1.29 is 33.7 Å². The summed E-state index contributed by atoms with van der Waals surface area (Å²) in [6.45, 7) is 1.55. The normalized spacial score (nSPS) is 36.0. The Morgan fingerprint density at radius 2 is 2.04 bits per heavy atom. The average molecular weight is 339 g/mol. The maximum absolute atomic E-state index is 11.1. The number of hydroxylamine groups is 1. The van der Waals surface area contributed by atoms with Gasteiger partial charge in [-0.2, -0.15) is 0 Å². The summed E-state index contributed by atoms with van der Waals surface area (Å²) < 4.78 is 22.5. The summed E-state index contributed by atoms with van der Waals surface area (Å²) in [6, 6.07) is 9.42. The number of nitrogens with one attached hydrogen (secondary N) is 1. The molecule has 0 spiro atoms. The fourth-order valence-corrected chi connectivity index (χ4v) is 2.81. The van der Waals surface area contributed by atoms with E-state index in [1.54, 1.807) is 0 Å². The molecule has 8 nitrogen and oxygen atoms in total. The van der Waals surface area contributed by atoms with Gasteiger partial charge in [0, 0.05) is 19.6 Å². The Bertz CT molecular complexity index is 555. The molecule has 132 valence electrons. The molecule has 0 bridgehead atoms. The third kappa shape index (κ3) is 3.59. The Kier molecular flexibility index (Phi) is 5.44. The molecular weight excluding hydrogens is 318 g/mol. The van der Waals surface area contributed by atoms with Crippen molar-refractivity contribution >= 4 is 5.91 Å². The summed E-state index contributed by atoms with van der Waals surface area (Å²) in [5, 5.41) is 10.6. The molecule has 6 atom stereocenters. The van der Waals surface area contributed by atoms with Crippen molar-refractivity contribution in [3.63, 3.8) is 0 Å². The molecule has 2 aliphatic rings. The number of hydrogen-bond acceptors (Lipinski definition) is 7. The van der Waals surface area contributed by atoms with Gasteiger partial charge in [-0.05, 0) is 0 Å². The second-order valence-corrected chi connectivity index (χ2v) is 5.69. The third-order valence-corrected chi connectivity index (χ3v) is 3.95. The second-order valence-electron chi connectivity index (χ2n) is 5.69. The third-order valence-electron chi connectivity index (χ3n) is 3.95. The number of amides is 1. The average Bonchev–Trinajstić information content (AvgIpc) is 2.61. The van der Waals surface area contributed by atoms with E-state index in [0.29, 0.717) is 0 Å². The number of carbonyl (C=O) groups excluding carboxylic acids is 1. The lowest BCUT2D eigenvalue weighted by molar-refractivity contribution is -0.366. The highest BCUT2D eigenvalue weighted by atomic mass is 16.8. The summed E-state index contributed by atoms with van der Waals surface area (Å²) in [5.41, 5.74) is 3.05. The molecule has 8 heteroatoms. The molecule has 2 saturated heterocycles. The highest BCUT2D eigenvalue weighted by Crippen LogP contribution is 2.34. The fraction of sp³-hybridized carbons (Fsp3) is 0.562. The Hall–Kier alpha value is -1.55. The molecule has 0 aromatic heterocycles. The molecule has 1 amide bonds. The van der Waals surface area contributed by atoms with Crippen LogP contribution in [0.4, 0.5) is 0 Å². The zero-order chi connectivity index (χ0) is 17.1. The monoisotopic (exact) mass is 339 g/mol. The minimum atomic E-state index is -1.06. The molecule has 2 fully saturated rings. The number of hydrogen-bond donors (Lipinski definition) is 2. The number of aliphatic hydroxyl groups excluding tert-OH is 1. The van der Waals surface area contributed by atoms with Gasteiger partial charge in [-0.25, -0.2) is 5.48 Å². The molecule has 1 aromatic carbocycles. The van der Waals surface area contributed by atoms with Gasteiger partial charge < -0.3 is 24.1 Å². The van der Waals surface area contributed by atoms with E-state index >= 15 is 0 Å². The highest BCUT2D eigenvalue weighted by Gasteiger charge is 2.50. The summed E-state index contributed by atoms with van der Waals surface area (Å²) >= 11 is 0. The molecular formula is C16H21NO7. The number of benzene rings is 1. The topological polar surface area (TPSA) is 95.5 Å². The number of ether oxygens (including phenoxy) is 4. The first kappa shape index (κ1) is 17.3. The van der Waals surface area contributed by atoms with Crippen LogP contribution in [0.25, 0.3) is 0 Å². The number of carbonyl (C=O) groups is 1. The number of methoxy groups -OCH3 is 1. The van der Waals surface area contributed by atoms with Crippen LogP contribution < -0.4 is 5.48 Å². The standard InChI is InChI=1S/C16H21NO7/c1-9(18)17-24-14-12(19)13-11(22-16(14)20-2)8-21-15(23-13)10-6-4-3-5-7-10/h3-7,11-16,19H,8H2,1-2H3,(H,17,18)/t11-,12-,13-,14-,15?,16+/m1/s1. The van der Waals surface area contributed by atoms with Gasteiger partial charge in [-0.1, -0.05) is 30.3 Å². The highest BCUT2D eigenvalue weighted by molar-refractivity contribution is 5.71. The minimum Gasteiger partial charge on any atom is -0.387 e. The molecule has 0 saturated carbocycles. The summed E-state index contributed by atoms with van der Waals surface area (Å²) in [5.74, 6) is -0.394. The molecule has 1 aromatic rings. The van der Waals surface area contributed by atoms with Crippen molar-refractivity contribution in [3.8, 4) is 0 Å². The Labute approximate surface area is 139 Å². The van der Waals surface area contributed by atoms with E-state index in [4.69, 9.17) is 23.8 Å². The van der Waals surface area contributed by atoms with E-state index in [9.17, 15) is 9.90 Å². The summed E-state index contributed by atoms with van der Waals surface area (Å²) in [6.07, 6.45) is -4.61. The van der Waals surface area contributed by atoms with Crippen LogP contribution in [0.3, 0.4) is 0 Å². The van der Waals surface area contributed by atoms with Crippen molar-refractivity contribution in [2.75, 3.05) is 13.7 Å². The van der Waals surface area contributed by atoms with Crippen LogP contribution in [0.1, 0.15) is 18.8 Å². The molecule has 2 heterocycles. The van der Waals surface area contributed by atoms with Crippen molar-refractivity contribution in [2.45, 2.75) is 43.9 Å². The van der Waals surface area contributed by atoms with Gasteiger partial charge in [-0.15, -0.1) is 0 Å². The first-order valence-electron chi connectivity index (χ1n) is 7.70. The van der Waals surface area contributed by atoms with Crippen molar-refractivity contribution in [1.82, 2.24) is 5.48 Å². The Balaban J connectivity index is 1.72. The molecule has 2 aliphatic heterocycles. The SMILES string of the molecule is CO[C@H]1O[C@@H]2COC(c3ccccc3)O[C@H]2[C@@H](O)[C@H]1ONC(C)=O. The van der Waals surface area contributed by atoms with Crippen LogP contribution in [0.15, 0.2) is 30.3 Å². The van der Waals surface area contributed by atoms with E-state index in [1.807, 2.05) is 30.3 Å². The zero-order valence-electron chi connectivity index (χ0n) is 13.5. The van der Waals surface area contributed by atoms with E-state index in [1.165, 1.54) is 14.0 Å². The first-order chi connectivity index (χ1) is 11.6. The largest absolute Gasteiger partial charge is 0.387 e. The van der Waals surface area contributed by atoms with E-state index in [-0.39, 0.29) is 6.61 Å². The molecule has 1 unspecified atom stereocenters. The zero-order valence-corrected chi connectivity index (χ0v) is 13.5. The van der Waals surface area contributed by atoms with Gasteiger partial charge in [0.2, 0.25) is 5.91 Å². The summed E-state index contributed by atoms with van der Waals surface area (Å²) in [4.78, 5) is 16.3. The molecule has 2 N–H and O–H groups in total. The predicted molar refractivity (Wildman–Crippen MR) is 80.4 cm³/mol. The van der Waals surface area contributed by atoms with Gasteiger partial charge >= 0.3 is 0 Å². The van der Waals surface area contributed by atoms with Crippen LogP contribution in [0.2, 0.25) is 0 Å². The Morgan fingerprint density at radius 3 is 2.71 bits per heavy atom. The Morgan fingerprint density at radius 1 is 1.29 bits per heavy atom. The van der Waals surface area contributed by atoms with Gasteiger partial charge in [-0.3, -0.25) is 9.63 Å². The number of aliphatic hydroxyl groups is 1. The number of rotatable bonds is 4. The molecule has 0 radical (unpaired) electrons. The van der Waals surface area contributed by atoms with Gasteiger partial charge in [0.15, 0.2) is 18.7 Å². The smallest absolute Gasteiger partial charge is 0.240 e. The van der Waals surface area contributed by atoms with E-state index in [0.717, 1.165) is 5.56 Å². The van der Waals surface area contributed by atoms with Gasteiger partial charge in [0.05, 0.1) is 6.61 Å². The van der Waals surface area contributed by atoms with Gasteiger partial charge in [0.25, 0.3) is 0 Å². The van der Waals surface area contributed by atoms with Crippen LogP contribution in [0, 0.1) is 0 Å². The quantitative estimate of drug-likeness (QED) is 0.760. The molecule has 3 rings (SSSR count). The molecule has 24 heavy (non-hydrogen) atoms. The van der Waals surface area contributed by atoms with Crippen molar-refractivity contribution in [1.29, 1.82) is 0 Å². The second kappa shape index (κ2) is 7.56. The lowest BCUT2D eigenvalue weighted by Crippen LogP contribution is -2.63. The fourth-order valence-electron chi connectivity index (χ4n) is 2.81. The van der Waals surface area contributed by atoms with E-state index < -0.39 is 42.9 Å². The van der Waals surface area contributed by atoms with Crippen molar-refractivity contribution in [2.24, 2.45) is 0 Å². The lowest BCUT2D eigenvalue weighted by atomic mass is 9.98. The van der Waals surface area contributed by atoms with Crippen molar-refractivity contribution in [3.05, 3.63) is 35.9 Å². The predicted octanol–water partition coefficient (Wildman–Crippen LogP) is 0.269. The van der Waals surface area contributed by atoms with Gasteiger partial charge in [0.1, 0.15) is 18.3 Å². The summed E-state index contributed by atoms with van der Waals surface area (Å²) in [7, 11) is 1.43. The van der Waals surface area contributed by atoms with Crippen LogP contribution in [-0.2, 0) is 28.6 Å². The van der Waals surface area contributed by atoms with Crippen LogP contribution >= 0.6 is 0 Å². The molecule has 0 aliphatic carbocycles. The lowest BCUT2D eigenvalue weighted by Gasteiger charge is -2.46. The van der Waals surface area contributed by atoms with Crippen LogP contribution in [-0.4, -0.2) is 55.4 Å². The minimum absolute atomic E-state index is 0.244. The van der Waals surface area contributed by atoms with Crippen LogP contribution in [0.5, 0.6) is 0 Å². The van der Waals surface area contributed by atoms with E-state index in [2.05, 4.69) is 5.48 Å². The maximum atomic E-state index is 11.1. The first-order valence-corrected chi connectivity index (χ1v) is 7.70.